The van der Waals surface area contributed by atoms with Gasteiger partial charge in [-0.1, -0.05) is 60.1 Å². The Balaban J connectivity index is 1.77. The molecule has 0 saturated carbocycles. The van der Waals surface area contributed by atoms with Crippen molar-refractivity contribution in [3.8, 4) is 11.3 Å². The summed E-state index contributed by atoms with van der Waals surface area (Å²) in [7, 11) is 0. The van der Waals surface area contributed by atoms with Crippen LogP contribution in [0, 0.1) is 0 Å². The van der Waals surface area contributed by atoms with Gasteiger partial charge in [-0.2, -0.15) is 0 Å². The van der Waals surface area contributed by atoms with Gasteiger partial charge in [-0.05, 0) is 23.8 Å². The van der Waals surface area contributed by atoms with E-state index in [0.29, 0.717) is 10.0 Å². The summed E-state index contributed by atoms with van der Waals surface area (Å²) in [6, 6.07) is 17.1. The van der Waals surface area contributed by atoms with E-state index in [2.05, 4.69) is 4.98 Å². The van der Waals surface area contributed by atoms with Crippen molar-refractivity contribution in [2.75, 3.05) is 0 Å². The first-order valence-corrected chi connectivity index (χ1v) is 7.97. The lowest BCUT2D eigenvalue weighted by atomic mass is 10.2. The third kappa shape index (κ3) is 3.50. The zero-order valence-corrected chi connectivity index (χ0v) is 13.1. The Hall–Kier alpha value is -2.23. The van der Waals surface area contributed by atoms with Gasteiger partial charge in [-0.15, -0.1) is 11.3 Å². The Kier molecular flexibility index (Phi) is 4.47. The van der Waals surface area contributed by atoms with Crippen molar-refractivity contribution < 1.29 is 4.79 Å². The molecule has 1 heterocycles. The Morgan fingerprint density at radius 2 is 1.77 bits per heavy atom. The van der Waals surface area contributed by atoms with Gasteiger partial charge >= 0.3 is 0 Å². The molecule has 4 heteroatoms. The monoisotopic (exact) mass is 325 g/mol. The molecule has 0 aliphatic rings. The standard InChI is InChI=1S/C18H12ClNOS/c19-15-9-7-14(8-10-15)16-12-22-18(20-16)17(21)11-6-13-4-2-1-3-5-13/h1-12H. The van der Waals surface area contributed by atoms with Crippen molar-refractivity contribution in [2.45, 2.75) is 0 Å². The number of rotatable bonds is 4. The van der Waals surface area contributed by atoms with Crippen molar-refractivity contribution in [3.63, 3.8) is 0 Å². The first-order valence-electron chi connectivity index (χ1n) is 6.71. The number of nitrogens with zero attached hydrogens (tertiary/aromatic N) is 1. The molecule has 0 aliphatic heterocycles. The largest absolute Gasteiger partial charge is 0.287 e. The summed E-state index contributed by atoms with van der Waals surface area (Å²) >= 11 is 7.22. The molecule has 0 N–H and O–H groups in total. The number of carbonyl (C=O) groups is 1. The van der Waals surface area contributed by atoms with Gasteiger partial charge in [-0.3, -0.25) is 4.79 Å². The molecule has 22 heavy (non-hydrogen) atoms. The zero-order chi connectivity index (χ0) is 15.4. The molecule has 0 atom stereocenters. The number of halogens is 1. The first kappa shape index (κ1) is 14.7. The minimum atomic E-state index is -0.0888. The first-order chi connectivity index (χ1) is 10.7. The SMILES string of the molecule is O=C(C=Cc1ccccc1)c1nc(-c2ccc(Cl)cc2)cs1. The Morgan fingerprint density at radius 3 is 2.50 bits per heavy atom. The number of benzene rings is 2. The fourth-order valence-corrected chi connectivity index (χ4v) is 2.82. The molecule has 0 amide bonds. The van der Waals surface area contributed by atoms with Gasteiger partial charge < -0.3 is 0 Å². The van der Waals surface area contributed by atoms with Crippen LogP contribution in [0.5, 0.6) is 0 Å². The number of hydrogen-bond donors (Lipinski definition) is 0. The minimum absolute atomic E-state index is 0.0888. The summed E-state index contributed by atoms with van der Waals surface area (Å²) in [6.07, 6.45) is 3.35. The molecule has 3 aromatic rings. The van der Waals surface area contributed by atoms with Crippen LogP contribution in [0.1, 0.15) is 15.4 Å². The van der Waals surface area contributed by atoms with Gasteiger partial charge in [0.1, 0.15) is 0 Å². The van der Waals surface area contributed by atoms with E-state index in [1.165, 1.54) is 11.3 Å². The summed E-state index contributed by atoms with van der Waals surface area (Å²) in [5.41, 5.74) is 2.73. The summed E-state index contributed by atoms with van der Waals surface area (Å²) in [6.45, 7) is 0. The molecule has 0 aliphatic carbocycles. The number of allylic oxidation sites excluding steroid dienone is 1. The van der Waals surface area contributed by atoms with E-state index in [1.807, 2.05) is 60.0 Å². The van der Waals surface area contributed by atoms with Crippen LogP contribution < -0.4 is 0 Å². The number of thiazole rings is 1. The third-order valence-corrected chi connectivity index (χ3v) is 4.19. The second kappa shape index (κ2) is 6.69. The van der Waals surface area contributed by atoms with Crippen LogP contribution in [0.25, 0.3) is 17.3 Å². The fraction of sp³-hybridized carbons (Fsp3) is 0. The topological polar surface area (TPSA) is 30.0 Å². The molecule has 0 saturated heterocycles. The molecule has 0 radical (unpaired) electrons. The van der Waals surface area contributed by atoms with Crippen molar-refractivity contribution in [1.29, 1.82) is 0 Å². The fourth-order valence-electron chi connectivity index (χ4n) is 1.95. The van der Waals surface area contributed by atoms with Gasteiger partial charge in [0, 0.05) is 16.0 Å². The number of ketones is 1. The molecule has 0 fully saturated rings. The molecule has 2 aromatic carbocycles. The molecule has 0 bridgehead atoms. The van der Waals surface area contributed by atoms with Crippen LogP contribution in [0.2, 0.25) is 5.02 Å². The second-order valence-corrected chi connectivity index (χ2v) is 5.95. The van der Waals surface area contributed by atoms with E-state index in [-0.39, 0.29) is 5.78 Å². The molecular formula is C18H12ClNOS. The minimum Gasteiger partial charge on any atom is -0.287 e. The lowest BCUT2D eigenvalue weighted by Gasteiger charge is -1.95. The van der Waals surface area contributed by atoms with E-state index in [4.69, 9.17) is 11.6 Å². The predicted octanol–water partition coefficient (Wildman–Crippen LogP) is 5.36. The highest BCUT2D eigenvalue weighted by atomic mass is 35.5. The predicted molar refractivity (Wildman–Crippen MR) is 92.4 cm³/mol. The van der Waals surface area contributed by atoms with Gasteiger partial charge in [-0.25, -0.2) is 4.98 Å². The van der Waals surface area contributed by atoms with Crippen molar-refractivity contribution in [1.82, 2.24) is 4.98 Å². The molecular weight excluding hydrogens is 314 g/mol. The van der Waals surface area contributed by atoms with Gasteiger partial charge in [0.05, 0.1) is 5.69 Å². The van der Waals surface area contributed by atoms with E-state index >= 15 is 0 Å². The van der Waals surface area contributed by atoms with Crippen LogP contribution in [0.4, 0.5) is 0 Å². The Morgan fingerprint density at radius 1 is 1.05 bits per heavy atom. The Bertz CT molecular complexity index is 807. The number of carbonyl (C=O) groups excluding carboxylic acids is 1. The quantitative estimate of drug-likeness (QED) is 0.477. The van der Waals surface area contributed by atoms with Crippen LogP contribution in [0.3, 0.4) is 0 Å². The molecule has 108 valence electrons. The number of aromatic nitrogens is 1. The summed E-state index contributed by atoms with van der Waals surface area (Å²) in [4.78, 5) is 16.6. The van der Waals surface area contributed by atoms with Gasteiger partial charge in [0.25, 0.3) is 0 Å². The zero-order valence-electron chi connectivity index (χ0n) is 11.6. The average molecular weight is 326 g/mol. The lowest BCUT2D eigenvalue weighted by molar-refractivity contribution is 0.104. The van der Waals surface area contributed by atoms with Crippen LogP contribution in [-0.2, 0) is 0 Å². The lowest BCUT2D eigenvalue weighted by Crippen LogP contribution is -1.93. The molecule has 0 unspecified atom stereocenters. The summed E-state index contributed by atoms with van der Waals surface area (Å²) in [5, 5.41) is 3.05. The van der Waals surface area contributed by atoms with Crippen LogP contribution in [0.15, 0.2) is 66.1 Å². The maximum atomic E-state index is 12.2. The highest BCUT2D eigenvalue weighted by Gasteiger charge is 2.09. The highest BCUT2D eigenvalue weighted by Crippen LogP contribution is 2.24. The molecule has 0 spiro atoms. The van der Waals surface area contributed by atoms with Crippen molar-refractivity contribution >= 4 is 34.8 Å². The van der Waals surface area contributed by atoms with E-state index in [9.17, 15) is 4.79 Å². The second-order valence-electron chi connectivity index (χ2n) is 4.65. The van der Waals surface area contributed by atoms with Crippen LogP contribution in [-0.4, -0.2) is 10.8 Å². The maximum Gasteiger partial charge on any atom is 0.214 e. The van der Waals surface area contributed by atoms with Gasteiger partial charge in [0.15, 0.2) is 5.01 Å². The van der Waals surface area contributed by atoms with Crippen molar-refractivity contribution in [3.05, 3.63) is 81.6 Å². The normalized spacial score (nSPS) is 11.0. The third-order valence-electron chi connectivity index (χ3n) is 3.08. The van der Waals surface area contributed by atoms with Gasteiger partial charge in [0.2, 0.25) is 5.78 Å². The summed E-state index contributed by atoms with van der Waals surface area (Å²) < 4.78 is 0. The van der Waals surface area contributed by atoms with Crippen LogP contribution >= 0.6 is 22.9 Å². The van der Waals surface area contributed by atoms with Crippen molar-refractivity contribution in [2.24, 2.45) is 0 Å². The van der Waals surface area contributed by atoms with E-state index < -0.39 is 0 Å². The number of hydrogen-bond acceptors (Lipinski definition) is 3. The van der Waals surface area contributed by atoms with E-state index in [0.717, 1.165) is 16.8 Å². The molecule has 3 rings (SSSR count). The van der Waals surface area contributed by atoms with E-state index in [1.54, 1.807) is 12.2 Å². The highest BCUT2D eigenvalue weighted by molar-refractivity contribution is 7.12. The molecule has 1 aromatic heterocycles. The average Bonchev–Trinajstić information content (AvgIpc) is 3.04. The maximum absolute atomic E-state index is 12.2. The summed E-state index contributed by atoms with van der Waals surface area (Å²) in [5.74, 6) is -0.0888. The smallest absolute Gasteiger partial charge is 0.214 e. The molecule has 2 nitrogen and oxygen atoms in total. The Labute approximate surface area is 137 Å².